The average Bonchev–Trinajstić information content (AvgIpc) is 2.35. The Morgan fingerprint density at radius 2 is 2.14 bits per heavy atom. The summed E-state index contributed by atoms with van der Waals surface area (Å²) in [5, 5.41) is 11.8. The zero-order valence-corrected chi connectivity index (χ0v) is 12.3. The summed E-state index contributed by atoms with van der Waals surface area (Å²) in [6.07, 6.45) is -1.09. The Morgan fingerprint density at radius 3 is 2.71 bits per heavy atom. The van der Waals surface area contributed by atoms with Crippen LogP contribution in [0.15, 0.2) is 0 Å². The van der Waals surface area contributed by atoms with Crippen LogP contribution in [0.3, 0.4) is 0 Å². The molecule has 0 aromatic heterocycles. The number of hydrogen-bond donors (Lipinski definition) is 2. The van der Waals surface area contributed by atoms with E-state index >= 15 is 0 Å². The minimum atomic E-state index is -2.54. The third kappa shape index (κ3) is 5.11. The first-order chi connectivity index (χ1) is 9.75. The summed E-state index contributed by atoms with van der Waals surface area (Å²) in [4.78, 5) is 24.7. The summed E-state index contributed by atoms with van der Waals surface area (Å²) in [6, 6.07) is -1.40. The highest BCUT2D eigenvalue weighted by Crippen LogP contribution is 2.35. The molecular formula is C13H22F2N2O4. The number of nitrogens with zero attached hydrogens (tertiary/aromatic N) is 1. The van der Waals surface area contributed by atoms with Crippen molar-refractivity contribution in [3.8, 4) is 0 Å². The number of ether oxygens (including phenoxy) is 1. The molecule has 6 nitrogen and oxygen atoms in total. The van der Waals surface area contributed by atoms with Crippen LogP contribution in [-0.2, 0) is 9.53 Å². The largest absolute Gasteiger partial charge is 0.480 e. The number of carbonyl (C=O) groups excluding carboxylic acids is 1. The fraction of sp³-hybridized carbons (Fsp3) is 0.846. The molecule has 1 aliphatic rings. The quantitative estimate of drug-likeness (QED) is 0.730. The van der Waals surface area contributed by atoms with E-state index in [4.69, 9.17) is 0 Å². The normalized spacial score (nSPS) is 21.4. The molecule has 1 saturated heterocycles. The first-order valence-corrected chi connectivity index (χ1v) is 6.89. The lowest BCUT2D eigenvalue weighted by molar-refractivity contribution is -0.148. The van der Waals surface area contributed by atoms with Gasteiger partial charge in [0, 0.05) is 13.1 Å². The van der Waals surface area contributed by atoms with Crippen molar-refractivity contribution in [2.24, 2.45) is 5.41 Å². The molecule has 1 atom stereocenters. The lowest BCUT2D eigenvalue weighted by Gasteiger charge is -2.43. The predicted molar refractivity (Wildman–Crippen MR) is 71.4 cm³/mol. The first-order valence-electron chi connectivity index (χ1n) is 6.89. The van der Waals surface area contributed by atoms with E-state index in [9.17, 15) is 23.5 Å². The molecule has 1 fully saturated rings. The number of carboxylic acid groups (broad SMARTS) is 1. The molecule has 0 bridgehead atoms. The summed E-state index contributed by atoms with van der Waals surface area (Å²) in [5.74, 6) is -1.04. The Hall–Kier alpha value is -1.44. The van der Waals surface area contributed by atoms with Crippen LogP contribution >= 0.6 is 0 Å². The molecule has 0 aliphatic carbocycles. The molecule has 1 unspecified atom stereocenters. The zero-order valence-electron chi connectivity index (χ0n) is 12.3. The van der Waals surface area contributed by atoms with Crippen molar-refractivity contribution >= 4 is 12.0 Å². The van der Waals surface area contributed by atoms with Gasteiger partial charge in [0.05, 0.1) is 6.61 Å². The van der Waals surface area contributed by atoms with Gasteiger partial charge in [0.2, 0.25) is 0 Å². The molecule has 0 aromatic carbocycles. The Balaban J connectivity index is 2.49. The molecule has 2 N–H and O–H groups in total. The Kier molecular flexibility index (Phi) is 6.32. The van der Waals surface area contributed by atoms with Crippen LogP contribution in [0.4, 0.5) is 13.6 Å². The summed E-state index contributed by atoms with van der Waals surface area (Å²) >= 11 is 0. The van der Waals surface area contributed by atoms with Crippen molar-refractivity contribution in [1.29, 1.82) is 0 Å². The highest BCUT2D eigenvalue weighted by atomic mass is 19.3. The van der Waals surface area contributed by atoms with Gasteiger partial charge in [-0.05, 0) is 18.3 Å². The zero-order chi connectivity index (χ0) is 16.0. The maximum atomic E-state index is 12.0. The summed E-state index contributed by atoms with van der Waals surface area (Å²) in [6.45, 7) is 3.35. The van der Waals surface area contributed by atoms with E-state index < -0.39 is 36.5 Å². The van der Waals surface area contributed by atoms with Crippen molar-refractivity contribution in [1.82, 2.24) is 10.2 Å². The van der Waals surface area contributed by atoms with Crippen molar-refractivity contribution < 1.29 is 28.2 Å². The van der Waals surface area contributed by atoms with E-state index in [2.05, 4.69) is 10.1 Å². The standard InChI is InChI=1S/C13H22F2N2O4/c1-13(2)4-3-6-17(10(13)11(18)19)12(20)16-5-7-21-8-9(14)15/h9-10H,3-8H2,1-2H3,(H,16,20)(H,18,19). The van der Waals surface area contributed by atoms with Crippen LogP contribution in [0, 0.1) is 5.41 Å². The van der Waals surface area contributed by atoms with E-state index in [1.54, 1.807) is 0 Å². The fourth-order valence-corrected chi connectivity index (χ4v) is 2.58. The van der Waals surface area contributed by atoms with Gasteiger partial charge in [-0.1, -0.05) is 13.8 Å². The monoisotopic (exact) mass is 308 g/mol. The summed E-state index contributed by atoms with van der Waals surface area (Å²) in [5.41, 5.74) is -0.506. The SMILES string of the molecule is CC1(C)CCCN(C(=O)NCCOCC(F)F)C1C(=O)O. The van der Waals surface area contributed by atoms with Crippen LogP contribution in [-0.4, -0.2) is 60.8 Å². The van der Waals surface area contributed by atoms with Crippen LogP contribution in [0.25, 0.3) is 0 Å². The molecule has 21 heavy (non-hydrogen) atoms. The lowest BCUT2D eigenvalue weighted by atomic mass is 9.76. The fourth-order valence-electron chi connectivity index (χ4n) is 2.58. The molecule has 2 amide bonds. The number of halogens is 2. The second kappa shape index (κ2) is 7.53. The highest BCUT2D eigenvalue weighted by Gasteiger charge is 2.44. The summed E-state index contributed by atoms with van der Waals surface area (Å²) in [7, 11) is 0. The number of hydrogen-bond acceptors (Lipinski definition) is 3. The van der Waals surface area contributed by atoms with Gasteiger partial charge in [-0.2, -0.15) is 0 Å². The van der Waals surface area contributed by atoms with Crippen molar-refractivity contribution in [2.45, 2.75) is 39.2 Å². The second-order valence-corrected chi connectivity index (χ2v) is 5.72. The van der Waals surface area contributed by atoms with Crippen molar-refractivity contribution in [3.63, 3.8) is 0 Å². The maximum absolute atomic E-state index is 12.0. The van der Waals surface area contributed by atoms with Gasteiger partial charge in [0.15, 0.2) is 0 Å². The number of alkyl halides is 2. The molecule has 122 valence electrons. The number of aliphatic carboxylic acids is 1. The number of piperidine rings is 1. The Labute approximate surface area is 122 Å². The smallest absolute Gasteiger partial charge is 0.327 e. The van der Waals surface area contributed by atoms with Crippen LogP contribution in [0.1, 0.15) is 26.7 Å². The number of carboxylic acids is 1. The molecule has 0 saturated carbocycles. The number of urea groups is 1. The molecule has 0 aromatic rings. The number of amides is 2. The number of likely N-dealkylation sites (tertiary alicyclic amines) is 1. The number of nitrogens with one attached hydrogen (secondary N) is 1. The third-order valence-electron chi connectivity index (χ3n) is 3.53. The van der Waals surface area contributed by atoms with Crippen LogP contribution in [0.2, 0.25) is 0 Å². The third-order valence-corrected chi connectivity index (χ3v) is 3.53. The van der Waals surface area contributed by atoms with Gasteiger partial charge in [0.25, 0.3) is 6.43 Å². The van der Waals surface area contributed by atoms with E-state index in [1.165, 1.54) is 4.90 Å². The van der Waals surface area contributed by atoms with Gasteiger partial charge in [-0.25, -0.2) is 18.4 Å². The molecule has 1 rings (SSSR count). The van der Waals surface area contributed by atoms with Crippen LogP contribution in [0.5, 0.6) is 0 Å². The molecule has 0 radical (unpaired) electrons. The van der Waals surface area contributed by atoms with E-state index in [1.807, 2.05) is 13.8 Å². The maximum Gasteiger partial charge on any atom is 0.327 e. The van der Waals surface area contributed by atoms with Crippen molar-refractivity contribution in [2.75, 3.05) is 26.3 Å². The summed E-state index contributed by atoms with van der Waals surface area (Å²) < 4.78 is 28.4. The van der Waals surface area contributed by atoms with Gasteiger partial charge in [-0.15, -0.1) is 0 Å². The number of rotatable bonds is 6. The van der Waals surface area contributed by atoms with Gasteiger partial charge in [-0.3, -0.25) is 0 Å². The van der Waals surface area contributed by atoms with Gasteiger partial charge in [0.1, 0.15) is 12.6 Å². The van der Waals surface area contributed by atoms with Gasteiger partial charge >= 0.3 is 12.0 Å². The second-order valence-electron chi connectivity index (χ2n) is 5.72. The van der Waals surface area contributed by atoms with E-state index in [0.29, 0.717) is 6.54 Å². The van der Waals surface area contributed by atoms with Gasteiger partial charge < -0.3 is 20.1 Å². The molecule has 8 heteroatoms. The molecule has 1 aliphatic heterocycles. The van der Waals surface area contributed by atoms with E-state index in [0.717, 1.165) is 12.8 Å². The minimum absolute atomic E-state index is 0.0367. The topological polar surface area (TPSA) is 78.9 Å². The van der Waals surface area contributed by atoms with Crippen LogP contribution < -0.4 is 5.32 Å². The lowest BCUT2D eigenvalue weighted by Crippen LogP contribution is -2.58. The van der Waals surface area contributed by atoms with E-state index in [-0.39, 0.29) is 13.2 Å². The predicted octanol–water partition coefficient (Wildman–Crippen LogP) is 1.55. The van der Waals surface area contributed by atoms with Crippen molar-refractivity contribution in [3.05, 3.63) is 0 Å². The average molecular weight is 308 g/mol. The molecular weight excluding hydrogens is 286 g/mol. The minimum Gasteiger partial charge on any atom is -0.480 e. The Bertz CT molecular complexity index is 377. The number of carbonyl (C=O) groups is 2. The highest BCUT2D eigenvalue weighted by molar-refractivity contribution is 5.83. The molecule has 1 heterocycles. The first kappa shape index (κ1) is 17.6. The molecule has 0 spiro atoms. The Morgan fingerprint density at radius 1 is 1.48 bits per heavy atom.